The van der Waals surface area contributed by atoms with Gasteiger partial charge in [-0.15, -0.1) is 0 Å². The average molecular weight is 267 g/mol. The maximum absolute atomic E-state index is 13.7. The molecule has 1 heterocycles. The third kappa shape index (κ3) is 4.00. The molecule has 1 aromatic rings. The Morgan fingerprint density at radius 2 is 2.00 bits per heavy atom. The van der Waals surface area contributed by atoms with Crippen molar-refractivity contribution < 1.29 is 13.9 Å². The number of ether oxygens (including phenoxy) is 2. The van der Waals surface area contributed by atoms with E-state index in [4.69, 9.17) is 9.47 Å². The minimum atomic E-state index is -0.146. The summed E-state index contributed by atoms with van der Waals surface area (Å²) in [6.45, 7) is 4.38. The fourth-order valence-corrected chi connectivity index (χ4v) is 2.26. The van der Waals surface area contributed by atoms with Crippen molar-refractivity contribution in [2.45, 2.75) is 32.1 Å². The Labute approximate surface area is 114 Å². The fraction of sp³-hybridized carbons (Fsp3) is 0.600. The topological polar surface area (TPSA) is 21.7 Å². The van der Waals surface area contributed by atoms with Gasteiger partial charge in [0, 0.05) is 24.6 Å². The predicted molar refractivity (Wildman–Crippen MR) is 72.4 cm³/mol. The van der Waals surface area contributed by atoms with Gasteiger partial charge in [0.05, 0.1) is 13.2 Å². The van der Waals surface area contributed by atoms with E-state index >= 15 is 0 Å². The molecule has 1 fully saturated rings. The van der Waals surface area contributed by atoms with Gasteiger partial charge >= 0.3 is 0 Å². The van der Waals surface area contributed by atoms with E-state index in [0.717, 1.165) is 38.2 Å². The summed E-state index contributed by atoms with van der Waals surface area (Å²) in [6, 6.07) is 6.98. The van der Waals surface area contributed by atoms with Gasteiger partial charge in [-0.1, -0.05) is 18.2 Å². The van der Waals surface area contributed by atoms with Crippen LogP contribution in [-0.4, -0.2) is 38.0 Å². The van der Waals surface area contributed by atoms with Crippen molar-refractivity contribution in [1.82, 2.24) is 4.90 Å². The molecular formula is C15H22FNO2. The van der Waals surface area contributed by atoms with E-state index in [2.05, 4.69) is 4.90 Å². The van der Waals surface area contributed by atoms with Crippen molar-refractivity contribution in [3.05, 3.63) is 35.6 Å². The standard InChI is InChI=1S/C15H22FNO2/c1-12(13-6-3-4-7-14(13)16)17(2)9-8-15-18-10-5-11-19-15/h3-4,6-7,12,15H,5,8-11H2,1-2H3. The molecule has 0 amide bonds. The molecule has 0 saturated carbocycles. The molecule has 1 atom stereocenters. The minimum Gasteiger partial charge on any atom is -0.353 e. The Morgan fingerprint density at radius 1 is 1.32 bits per heavy atom. The molecular weight excluding hydrogens is 245 g/mol. The van der Waals surface area contributed by atoms with Crippen LogP contribution in [0.25, 0.3) is 0 Å². The van der Waals surface area contributed by atoms with Gasteiger partial charge in [-0.05, 0) is 26.5 Å². The second-order valence-corrected chi connectivity index (χ2v) is 4.99. The van der Waals surface area contributed by atoms with Crippen LogP contribution in [0.15, 0.2) is 24.3 Å². The SMILES string of the molecule is CC(c1ccccc1F)N(C)CCC1OCCCO1. The molecule has 4 heteroatoms. The summed E-state index contributed by atoms with van der Waals surface area (Å²) >= 11 is 0. The van der Waals surface area contributed by atoms with E-state index in [1.165, 1.54) is 6.07 Å². The van der Waals surface area contributed by atoms with Crippen LogP contribution < -0.4 is 0 Å². The van der Waals surface area contributed by atoms with Gasteiger partial charge in [-0.3, -0.25) is 4.90 Å². The highest BCUT2D eigenvalue weighted by molar-refractivity contribution is 5.20. The minimum absolute atomic E-state index is 0.0461. The first kappa shape index (κ1) is 14.4. The summed E-state index contributed by atoms with van der Waals surface area (Å²) in [7, 11) is 2.00. The maximum Gasteiger partial charge on any atom is 0.158 e. The molecule has 0 spiro atoms. The van der Waals surface area contributed by atoms with Crippen LogP contribution in [0.4, 0.5) is 4.39 Å². The van der Waals surface area contributed by atoms with Gasteiger partial charge in [-0.25, -0.2) is 4.39 Å². The third-order valence-corrected chi connectivity index (χ3v) is 3.63. The molecule has 1 saturated heterocycles. The Balaban J connectivity index is 1.85. The number of hydrogen-bond donors (Lipinski definition) is 0. The molecule has 19 heavy (non-hydrogen) atoms. The molecule has 0 radical (unpaired) electrons. The molecule has 0 bridgehead atoms. The molecule has 0 aliphatic carbocycles. The van der Waals surface area contributed by atoms with Gasteiger partial charge in [0.2, 0.25) is 0 Å². The number of hydrogen-bond acceptors (Lipinski definition) is 3. The van der Waals surface area contributed by atoms with E-state index < -0.39 is 0 Å². The summed E-state index contributed by atoms with van der Waals surface area (Å²) in [6.07, 6.45) is 1.68. The van der Waals surface area contributed by atoms with Crippen molar-refractivity contribution in [1.29, 1.82) is 0 Å². The van der Waals surface area contributed by atoms with Gasteiger partial charge in [0.1, 0.15) is 5.82 Å². The van der Waals surface area contributed by atoms with Crippen LogP contribution in [0.3, 0.4) is 0 Å². The van der Waals surface area contributed by atoms with E-state index in [-0.39, 0.29) is 18.1 Å². The number of halogens is 1. The van der Waals surface area contributed by atoms with Gasteiger partial charge < -0.3 is 9.47 Å². The molecule has 1 aromatic carbocycles. The van der Waals surface area contributed by atoms with Gasteiger partial charge in [0.15, 0.2) is 6.29 Å². The van der Waals surface area contributed by atoms with Crippen molar-refractivity contribution in [2.24, 2.45) is 0 Å². The van der Waals surface area contributed by atoms with E-state index in [1.54, 1.807) is 6.07 Å². The largest absolute Gasteiger partial charge is 0.353 e. The van der Waals surface area contributed by atoms with Crippen LogP contribution >= 0.6 is 0 Å². The monoisotopic (exact) mass is 267 g/mol. The first-order valence-electron chi connectivity index (χ1n) is 6.86. The number of rotatable bonds is 5. The highest BCUT2D eigenvalue weighted by Gasteiger charge is 2.18. The van der Waals surface area contributed by atoms with Crippen molar-refractivity contribution >= 4 is 0 Å². The van der Waals surface area contributed by atoms with Gasteiger partial charge in [0.25, 0.3) is 0 Å². The summed E-state index contributed by atoms with van der Waals surface area (Å²) in [4.78, 5) is 2.12. The molecule has 3 nitrogen and oxygen atoms in total. The van der Waals surface area contributed by atoms with Crippen LogP contribution in [0.2, 0.25) is 0 Å². The third-order valence-electron chi connectivity index (χ3n) is 3.63. The lowest BCUT2D eigenvalue weighted by Crippen LogP contribution is -2.31. The second-order valence-electron chi connectivity index (χ2n) is 4.99. The quantitative estimate of drug-likeness (QED) is 0.818. The molecule has 0 aromatic heterocycles. The lowest BCUT2D eigenvalue weighted by atomic mass is 10.1. The zero-order chi connectivity index (χ0) is 13.7. The lowest BCUT2D eigenvalue weighted by molar-refractivity contribution is -0.182. The zero-order valence-corrected chi connectivity index (χ0v) is 11.6. The second kappa shape index (κ2) is 6.98. The Morgan fingerprint density at radius 3 is 2.68 bits per heavy atom. The summed E-state index contributed by atoms with van der Waals surface area (Å²) in [5, 5.41) is 0. The average Bonchev–Trinajstić information content (AvgIpc) is 2.45. The summed E-state index contributed by atoms with van der Waals surface area (Å²) < 4.78 is 24.7. The summed E-state index contributed by atoms with van der Waals surface area (Å²) in [5.74, 6) is -0.146. The number of benzene rings is 1. The fourth-order valence-electron chi connectivity index (χ4n) is 2.26. The van der Waals surface area contributed by atoms with E-state index in [0.29, 0.717) is 0 Å². The highest BCUT2D eigenvalue weighted by Crippen LogP contribution is 2.22. The van der Waals surface area contributed by atoms with Crippen LogP contribution in [0, 0.1) is 5.82 Å². The first-order chi connectivity index (χ1) is 9.18. The van der Waals surface area contributed by atoms with Gasteiger partial charge in [-0.2, -0.15) is 0 Å². The molecule has 1 aliphatic rings. The molecule has 106 valence electrons. The number of nitrogens with zero attached hydrogens (tertiary/aromatic N) is 1. The zero-order valence-electron chi connectivity index (χ0n) is 11.6. The maximum atomic E-state index is 13.7. The molecule has 2 rings (SSSR count). The normalized spacial score (nSPS) is 18.7. The molecule has 1 unspecified atom stereocenters. The lowest BCUT2D eigenvalue weighted by Gasteiger charge is -2.29. The Bertz CT molecular complexity index is 393. The van der Waals surface area contributed by atoms with Crippen molar-refractivity contribution in [2.75, 3.05) is 26.8 Å². The van der Waals surface area contributed by atoms with E-state index in [1.807, 2.05) is 26.1 Å². The summed E-state index contributed by atoms with van der Waals surface area (Å²) in [5.41, 5.74) is 0.732. The Hall–Kier alpha value is -0.970. The highest BCUT2D eigenvalue weighted by atomic mass is 19.1. The van der Waals surface area contributed by atoms with E-state index in [9.17, 15) is 4.39 Å². The molecule has 0 N–H and O–H groups in total. The van der Waals surface area contributed by atoms with Crippen LogP contribution in [0.5, 0.6) is 0 Å². The van der Waals surface area contributed by atoms with Crippen LogP contribution in [0.1, 0.15) is 31.4 Å². The van der Waals surface area contributed by atoms with Crippen molar-refractivity contribution in [3.8, 4) is 0 Å². The Kier molecular flexibility index (Phi) is 5.31. The first-order valence-corrected chi connectivity index (χ1v) is 6.86. The smallest absolute Gasteiger partial charge is 0.158 e. The predicted octanol–water partition coefficient (Wildman–Crippen LogP) is 2.97. The molecule has 1 aliphatic heterocycles. The van der Waals surface area contributed by atoms with Crippen LogP contribution in [-0.2, 0) is 9.47 Å². The van der Waals surface area contributed by atoms with Crippen molar-refractivity contribution in [3.63, 3.8) is 0 Å².